The van der Waals surface area contributed by atoms with Crippen LogP contribution < -0.4 is 10.6 Å². The summed E-state index contributed by atoms with van der Waals surface area (Å²) in [5.41, 5.74) is 2.13. The predicted molar refractivity (Wildman–Crippen MR) is 82.6 cm³/mol. The molecule has 0 saturated carbocycles. The second-order valence-electron chi connectivity index (χ2n) is 4.47. The van der Waals surface area contributed by atoms with Crippen molar-refractivity contribution in [3.63, 3.8) is 0 Å². The zero-order chi connectivity index (χ0) is 15.5. The van der Waals surface area contributed by atoms with Crippen LogP contribution in [0, 0.1) is 11.3 Å². The number of hydrogen-bond acceptors (Lipinski definition) is 4. The Balaban J connectivity index is 2.54. The highest BCUT2D eigenvalue weighted by atomic mass is 16.5. The third-order valence-corrected chi connectivity index (χ3v) is 2.92. The van der Waals surface area contributed by atoms with Gasteiger partial charge in [0.05, 0.1) is 0 Å². The Kier molecular flexibility index (Phi) is 7.62. The Morgan fingerprint density at radius 3 is 2.67 bits per heavy atom. The molecule has 0 atom stereocenters. The van der Waals surface area contributed by atoms with Crippen molar-refractivity contribution in [1.82, 2.24) is 5.32 Å². The van der Waals surface area contributed by atoms with Crippen molar-refractivity contribution < 1.29 is 9.53 Å². The minimum Gasteiger partial charge on any atom is -0.385 e. The molecule has 1 rings (SSSR count). The highest BCUT2D eigenvalue weighted by molar-refractivity contribution is 5.97. The molecule has 0 heterocycles. The molecule has 0 saturated heterocycles. The molecule has 5 nitrogen and oxygen atoms in total. The van der Waals surface area contributed by atoms with Crippen LogP contribution in [0.2, 0.25) is 0 Å². The number of benzene rings is 1. The fourth-order valence-electron chi connectivity index (χ4n) is 1.65. The van der Waals surface area contributed by atoms with Gasteiger partial charge in [0.2, 0.25) is 0 Å². The largest absolute Gasteiger partial charge is 0.385 e. The molecule has 1 aromatic rings. The number of anilines is 1. The molecule has 0 unspecified atom stereocenters. The monoisotopic (exact) mass is 287 g/mol. The van der Waals surface area contributed by atoms with Crippen LogP contribution in [0.5, 0.6) is 0 Å². The van der Waals surface area contributed by atoms with E-state index in [1.54, 1.807) is 7.11 Å². The maximum Gasteiger partial charge on any atom is 0.263 e. The third kappa shape index (κ3) is 6.11. The number of amides is 1. The van der Waals surface area contributed by atoms with E-state index in [1.807, 2.05) is 30.3 Å². The molecule has 0 aliphatic rings. The van der Waals surface area contributed by atoms with E-state index in [0.29, 0.717) is 19.6 Å². The molecule has 0 fully saturated rings. The first kappa shape index (κ1) is 16.7. The summed E-state index contributed by atoms with van der Waals surface area (Å²) in [5, 5.41) is 14.6. The second kappa shape index (κ2) is 9.56. The number of methoxy groups -OCH3 is 1. The van der Waals surface area contributed by atoms with E-state index in [9.17, 15) is 4.79 Å². The summed E-state index contributed by atoms with van der Waals surface area (Å²) < 4.78 is 4.89. The number of nitriles is 1. The van der Waals surface area contributed by atoms with E-state index in [4.69, 9.17) is 10.00 Å². The lowest BCUT2D eigenvalue weighted by Gasteiger charge is -2.05. The van der Waals surface area contributed by atoms with E-state index >= 15 is 0 Å². The summed E-state index contributed by atoms with van der Waals surface area (Å²) in [6.07, 6.45) is 3.11. The molecule has 0 aliphatic carbocycles. The molecule has 112 valence electrons. The van der Waals surface area contributed by atoms with Gasteiger partial charge in [0.25, 0.3) is 5.91 Å². The Morgan fingerprint density at radius 2 is 2.10 bits per heavy atom. The predicted octanol–water partition coefficient (Wildman–Crippen LogP) is 2.22. The molecule has 0 aliphatic heterocycles. The van der Waals surface area contributed by atoms with Crippen LogP contribution in [0.3, 0.4) is 0 Å². The van der Waals surface area contributed by atoms with E-state index in [0.717, 1.165) is 12.1 Å². The van der Waals surface area contributed by atoms with Gasteiger partial charge in [-0.05, 0) is 30.5 Å². The maximum atomic E-state index is 11.8. The molecule has 2 N–H and O–H groups in total. The van der Waals surface area contributed by atoms with Gasteiger partial charge in [0, 0.05) is 32.1 Å². The Labute approximate surface area is 125 Å². The van der Waals surface area contributed by atoms with Gasteiger partial charge in [0.15, 0.2) is 0 Å². The van der Waals surface area contributed by atoms with Crippen LogP contribution in [-0.4, -0.2) is 26.2 Å². The molecule has 5 heteroatoms. The van der Waals surface area contributed by atoms with Crippen molar-refractivity contribution in [3.05, 3.63) is 41.6 Å². The topological polar surface area (TPSA) is 74.2 Å². The minimum atomic E-state index is -0.383. The van der Waals surface area contributed by atoms with Gasteiger partial charge in [-0.1, -0.05) is 19.1 Å². The average Bonchev–Trinajstić information content (AvgIpc) is 2.52. The fourth-order valence-corrected chi connectivity index (χ4v) is 1.65. The van der Waals surface area contributed by atoms with Gasteiger partial charge in [-0.15, -0.1) is 0 Å². The van der Waals surface area contributed by atoms with Gasteiger partial charge in [-0.2, -0.15) is 5.26 Å². The number of nitrogens with zero attached hydrogens (tertiary/aromatic N) is 1. The van der Waals surface area contributed by atoms with E-state index in [2.05, 4.69) is 17.6 Å². The van der Waals surface area contributed by atoms with Crippen LogP contribution in [0.4, 0.5) is 5.69 Å². The smallest absolute Gasteiger partial charge is 0.263 e. The number of carbonyl (C=O) groups excluding carboxylic acids is 1. The van der Waals surface area contributed by atoms with Crippen molar-refractivity contribution >= 4 is 11.6 Å². The van der Waals surface area contributed by atoms with Crippen LogP contribution in [0.25, 0.3) is 0 Å². The molecule has 0 aromatic heterocycles. The summed E-state index contributed by atoms with van der Waals surface area (Å²) in [6, 6.07) is 9.74. The first-order chi connectivity index (χ1) is 10.2. The molecular formula is C16H21N3O2. The van der Waals surface area contributed by atoms with E-state index in [-0.39, 0.29) is 11.5 Å². The summed E-state index contributed by atoms with van der Waals surface area (Å²) in [7, 11) is 1.61. The van der Waals surface area contributed by atoms with Gasteiger partial charge < -0.3 is 15.4 Å². The average molecular weight is 287 g/mol. The Morgan fingerprint density at radius 1 is 1.38 bits per heavy atom. The van der Waals surface area contributed by atoms with E-state index < -0.39 is 0 Å². The number of nitrogens with one attached hydrogen (secondary N) is 2. The standard InChI is InChI=1S/C16H21N3O2/c1-3-13-5-7-15(8-6-13)19-12-14(11-17)16(20)18-9-4-10-21-2/h5-8,12,19H,3-4,9-10H2,1-2H3,(H,18,20)/b14-12-. The van der Waals surface area contributed by atoms with Crippen molar-refractivity contribution in [1.29, 1.82) is 5.26 Å². The van der Waals surface area contributed by atoms with Crippen LogP contribution in [-0.2, 0) is 16.0 Å². The first-order valence-corrected chi connectivity index (χ1v) is 6.94. The summed E-state index contributed by atoms with van der Waals surface area (Å²) in [5.74, 6) is -0.383. The molecular weight excluding hydrogens is 266 g/mol. The quantitative estimate of drug-likeness (QED) is 0.437. The number of carbonyl (C=O) groups is 1. The van der Waals surface area contributed by atoms with Crippen molar-refractivity contribution in [2.75, 3.05) is 25.6 Å². The normalized spacial score (nSPS) is 10.8. The molecule has 1 amide bonds. The van der Waals surface area contributed by atoms with E-state index in [1.165, 1.54) is 11.8 Å². The molecule has 21 heavy (non-hydrogen) atoms. The van der Waals surface area contributed by atoms with Crippen molar-refractivity contribution in [2.24, 2.45) is 0 Å². The molecule has 0 bridgehead atoms. The SMILES string of the molecule is CCc1ccc(N/C=C(/C#N)C(=O)NCCCOC)cc1. The number of hydrogen-bond donors (Lipinski definition) is 2. The Bertz CT molecular complexity index is 515. The fraction of sp³-hybridized carbons (Fsp3) is 0.375. The lowest BCUT2D eigenvalue weighted by atomic mass is 10.1. The molecule has 1 aromatic carbocycles. The lowest BCUT2D eigenvalue weighted by Crippen LogP contribution is -2.26. The van der Waals surface area contributed by atoms with Gasteiger partial charge >= 0.3 is 0 Å². The summed E-state index contributed by atoms with van der Waals surface area (Å²) in [4.78, 5) is 11.8. The lowest BCUT2D eigenvalue weighted by molar-refractivity contribution is -0.117. The first-order valence-electron chi connectivity index (χ1n) is 6.94. The number of ether oxygens (including phenoxy) is 1. The number of aryl methyl sites for hydroxylation is 1. The minimum absolute atomic E-state index is 0.0481. The molecule has 0 spiro atoms. The van der Waals surface area contributed by atoms with Crippen LogP contribution >= 0.6 is 0 Å². The highest BCUT2D eigenvalue weighted by Gasteiger charge is 2.07. The zero-order valence-corrected chi connectivity index (χ0v) is 12.5. The van der Waals surface area contributed by atoms with Gasteiger partial charge in [0.1, 0.15) is 11.6 Å². The third-order valence-electron chi connectivity index (χ3n) is 2.92. The Hall–Kier alpha value is -2.32. The second-order valence-corrected chi connectivity index (χ2v) is 4.47. The summed E-state index contributed by atoms with van der Waals surface area (Å²) >= 11 is 0. The van der Waals surface area contributed by atoms with Gasteiger partial charge in [-0.25, -0.2) is 0 Å². The van der Waals surface area contributed by atoms with Crippen molar-refractivity contribution in [3.8, 4) is 6.07 Å². The highest BCUT2D eigenvalue weighted by Crippen LogP contribution is 2.10. The zero-order valence-electron chi connectivity index (χ0n) is 12.5. The van der Waals surface area contributed by atoms with Gasteiger partial charge in [-0.3, -0.25) is 4.79 Å². The van der Waals surface area contributed by atoms with Crippen molar-refractivity contribution in [2.45, 2.75) is 19.8 Å². The molecule has 0 radical (unpaired) electrons. The maximum absolute atomic E-state index is 11.8. The summed E-state index contributed by atoms with van der Waals surface area (Å²) in [6.45, 7) is 3.15. The van der Waals surface area contributed by atoms with Crippen LogP contribution in [0.15, 0.2) is 36.0 Å². The number of rotatable bonds is 8. The van der Waals surface area contributed by atoms with Crippen LogP contribution in [0.1, 0.15) is 18.9 Å².